The van der Waals surface area contributed by atoms with Crippen LogP contribution in [0.25, 0.3) is 0 Å². The van der Waals surface area contributed by atoms with Crippen molar-refractivity contribution in [3.63, 3.8) is 0 Å². The molecule has 18 heavy (non-hydrogen) atoms. The van der Waals surface area contributed by atoms with Crippen LogP contribution in [-0.4, -0.2) is 25.1 Å². The van der Waals surface area contributed by atoms with Gasteiger partial charge in [-0.2, -0.15) is 0 Å². The van der Waals surface area contributed by atoms with Crippen molar-refractivity contribution in [2.45, 2.75) is 31.8 Å². The number of carbonyl (C=O) groups excluding carboxylic acids is 1. The highest BCUT2D eigenvalue weighted by atomic mass is 16.5. The van der Waals surface area contributed by atoms with Crippen molar-refractivity contribution in [1.29, 1.82) is 0 Å². The quantitative estimate of drug-likeness (QED) is 0.713. The Morgan fingerprint density at radius 2 is 2.22 bits per heavy atom. The fourth-order valence-corrected chi connectivity index (χ4v) is 2.18. The summed E-state index contributed by atoms with van der Waals surface area (Å²) in [5.74, 6) is 0.794. The predicted molar refractivity (Wildman–Crippen MR) is 70.5 cm³/mol. The van der Waals surface area contributed by atoms with Crippen molar-refractivity contribution < 1.29 is 9.53 Å². The Morgan fingerprint density at radius 3 is 3.00 bits per heavy atom. The summed E-state index contributed by atoms with van der Waals surface area (Å²) >= 11 is 0. The van der Waals surface area contributed by atoms with Crippen LogP contribution in [0, 0.1) is 0 Å². The monoisotopic (exact) mass is 248 g/mol. The van der Waals surface area contributed by atoms with E-state index in [0.29, 0.717) is 6.42 Å². The Morgan fingerprint density at radius 1 is 1.39 bits per heavy atom. The number of nitrogens with two attached hydrogens (primary N) is 1. The molecule has 0 radical (unpaired) electrons. The Bertz CT molecular complexity index is 382. The SMILES string of the molecule is NC(=O)CCCCNCC1Cc2ccccc2O1. The van der Waals surface area contributed by atoms with Crippen molar-refractivity contribution in [2.75, 3.05) is 13.1 Å². The van der Waals surface area contributed by atoms with E-state index in [-0.39, 0.29) is 12.0 Å². The maximum absolute atomic E-state index is 10.5. The number of amides is 1. The second-order valence-electron chi connectivity index (χ2n) is 4.68. The minimum atomic E-state index is -0.218. The Hall–Kier alpha value is -1.55. The van der Waals surface area contributed by atoms with Crippen molar-refractivity contribution in [2.24, 2.45) is 5.73 Å². The predicted octanol–water partition coefficient (Wildman–Crippen LogP) is 1.24. The number of para-hydroxylation sites is 1. The first-order chi connectivity index (χ1) is 8.75. The first-order valence-electron chi connectivity index (χ1n) is 6.49. The van der Waals surface area contributed by atoms with Gasteiger partial charge in [0.25, 0.3) is 0 Å². The molecule has 0 spiro atoms. The highest BCUT2D eigenvalue weighted by Gasteiger charge is 2.21. The van der Waals surface area contributed by atoms with Crippen molar-refractivity contribution >= 4 is 5.91 Å². The normalized spacial score (nSPS) is 17.2. The van der Waals surface area contributed by atoms with Gasteiger partial charge >= 0.3 is 0 Å². The summed E-state index contributed by atoms with van der Waals surface area (Å²) < 4.78 is 5.82. The maximum atomic E-state index is 10.5. The lowest BCUT2D eigenvalue weighted by Gasteiger charge is -2.11. The van der Waals surface area contributed by atoms with Crippen LogP contribution >= 0.6 is 0 Å². The second kappa shape index (κ2) is 6.40. The summed E-state index contributed by atoms with van der Waals surface area (Å²) in [7, 11) is 0. The van der Waals surface area contributed by atoms with Crippen LogP contribution < -0.4 is 15.8 Å². The zero-order valence-electron chi connectivity index (χ0n) is 10.5. The van der Waals surface area contributed by atoms with E-state index in [2.05, 4.69) is 11.4 Å². The lowest BCUT2D eigenvalue weighted by atomic mass is 10.1. The molecule has 0 fully saturated rings. The van der Waals surface area contributed by atoms with Gasteiger partial charge in [0.1, 0.15) is 11.9 Å². The molecular weight excluding hydrogens is 228 g/mol. The highest BCUT2D eigenvalue weighted by Crippen LogP contribution is 2.27. The number of primary amides is 1. The molecule has 4 heteroatoms. The van der Waals surface area contributed by atoms with Gasteiger partial charge in [0.2, 0.25) is 5.91 Å². The molecule has 1 amide bonds. The van der Waals surface area contributed by atoms with Gasteiger partial charge in [0, 0.05) is 19.4 Å². The summed E-state index contributed by atoms with van der Waals surface area (Å²) in [6.07, 6.45) is 3.52. The van der Waals surface area contributed by atoms with E-state index in [1.165, 1.54) is 5.56 Å². The average Bonchev–Trinajstić information content (AvgIpc) is 2.75. The third-order valence-electron chi connectivity index (χ3n) is 3.11. The van der Waals surface area contributed by atoms with Crippen LogP contribution in [0.3, 0.4) is 0 Å². The fraction of sp³-hybridized carbons (Fsp3) is 0.500. The number of benzene rings is 1. The lowest BCUT2D eigenvalue weighted by molar-refractivity contribution is -0.118. The zero-order chi connectivity index (χ0) is 12.8. The number of hydrogen-bond acceptors (Lipinski definition) is 3. The molecule has 1 aliphatic rings. The van der Waals surface area contributed by atoms with Crippen LogP contribution in [0.4, 0.5) is 0 Å². The third kappa shape index (κ3) is 3.74. The summed E-state index contributed by atoms with van der Waals surface area (Å²) in [6, 6.07) is 8.17. The molecule has 0 aromatic heterocycles. The number of rotatable bonds is 7. The Labute approximate surface area is 108 Å². The van der Waals surface area contributed by atoms with E-state index in [9.17, 15) is 4.79 Å². The molecule has 98 valence electrons. The number of carbonyl (C=O) groups is 1. The summed E-state index contributed by atoms with van der Waals surface area (Å²) in [6.45, 7) is 1.76. The van der Waals surface area contributed by atoms with Crippen molar-refractivity contribution in [3.8, 4) is 5.75 Å². The van der Waals surface area contributed by atoms with Gasteiger partial charge in [0.05, 0.1) is 0 Å². The number of hydrogen-bond donors (Lipinski definition) is 2. The number of ether oxygens (including phenoxy) is 1. The number of nitrogens with one attached hydrogen (secondary N) is 1. The second-order valence-corrected chi connectivity index (χ2v) is 4.68. The molecule has 1 atom stereocenters. The van der Waals surface area contributed by atoms with Crippen LogP contribution in [0.2, 0.25) is 0 Å². The van der Waals surface area contributed by atoms with Crippen molar-refractivity contribution in [3.05, 3.63) is 29.8 Å². The van der Waals surface area contributed by atoms with Crippen LogP contribution in [0.15, 0.2) is 24.3 Å². The van der Waals surface area contributed by atoms with Gasteiger partial charge in [-0.1, -0.05) is 18.2 Å². The van der Waals surface area contributed by atoms with Gasteiger partial charge in [-0.05, 0) is 31.0 Å². The average molecular weight is 248 g/mol. The molecule has 1 aliphatic heterocycles. The molecule has 0 saturated heterocycles. The minimum absolute atomic E-state index is 0.218. The molecule has 1 unspecified atom stereocenters. The highest BCUT2D eigenvalue weighted by molar-refractivity contribution is 5.73. The van der Waals surface area contributed by atoms with E-state index in [0.717, 1.165) is 38.1 Å². The fourth-order valence-electron chi connectivity index (χ4n) is 2.18. The van der Waals surface area contributed by atoms with Crippen molar-refractivity contribution in [1.82, 2.24) is 5.32 Å². The molecule has 0 aliphatic carbocycles. The summed E-state index contributed by atoms with van der Waals surface area (Å²) in [5.41, 5.74) is 6.37. The smallest absolute Gasteiger partial charge is 0.217 e. The Kier molecular flexibility index (Phi) is 4.59. The molecule has 0 bridgehead atoms. The number of unbranched alkanes of at least 4 members (excludes halogenated alkanes) is 1. The molecule has 2 rings (SSSR count). The van der Waals surface area contributed by atoms with Gasteiger partial charge < -0.3 is 15.8 Å². The van der Waals surface area contributed by atoms with E-state index in [4.69, 9.17) is 10.5 Å². The van der Waals surface area contributed by atoms with E-state index >= 15 is 0 Å². The van der Waals surface area contributed by atoms with Gasteiger partial charge in [-0.15, -0.1) is 0 Å². The molecule has 1 aromatic carbocycles. The van der Waals surface area contributed by atoms with Gasteiger partial charge in [-0.25, -0.2) is 0 Å². The molecule has 1 aromatic rings. The zero-order valence-corrected chi connectivity index (χ0v) is 10.5. The molecular formula is C14H20N2O2. The first-order valence-corrected chi connectivity index (χ1v) is 6.49. The van der Waals surface area contributed by atoms with E-state index in [1.807, 2.05) is 18.2 Å². The largest absolute Gasteiger partial charge is 0.488 e. The topological polar surface area (TPSA) is 64.4 Å². The first kappa shape index (κ1) is 12.9. The molecule has 0 saturated carbocycles. The third-order valence-corrected chi connectivity index (χ3v) is 3.11. The minimum Gasteiger partial charge on any atom is -0.488 e. The van der Waals surface area contributed by atoms with Crippen LogP contribution in [0.1, 0.15) is 24.8 Å². The maximum Gasteiger partial charge on any atom is 0.217 e. The summed E-state index contributed by atoms with van der Waals surface area (Å²) in [4.78, 5) is 10.5. The Balaban J connectivity index is 1.58. The molecule has 1 heterocycles. The standard InChI is InChI=1S/C14H20N2O2/c15-14(17)7-3-4-8-16-10-12-9-11-5-1-2-6-13(11)18-12/h1-2,5-6,12,16H,3-4,7-10H2,(H2,15,17). The van der Waals surface area contributed by atoms with Crippen LogP contribution in [-0.2, 0) is 11.2 Å². The molecule has 3 N–H and O–H groups in total. The van der Waals surface area contributed by atoms with Gasteiger partial charge in [0.15, 0.2) is 0 Å². The lowest BCUT2D eigenvalue weighted by Crippen LogP contribution is -2.30. The molecule has 4 nitrogen and oxygen atoms in total. The number of fused-ring (bicyclic) bond motifs is 1. The van der Waals surface area contributed by atoms with Gasteiger partial charge in [-0.3, -0.25) is 4.79 Å². The van der Waals surface area contributed by atoms with E-state index in [1.54, 1.807) is 0 Å². The summed E-state index contributed by atoms with van der Waals surface area (Å²) in [5, 5.41) is 3.36. The van der Waals surface area contributed by atoms with E-state index < -0.39 is 0 Å². The van der Waals surface area contributed by atoms with Crippen LogP contribution in [0.5, 0.6) is 5.75 Å².